The molecule has 188 valence electrons. The average molecular weight is 504 g/mol. The van der Waals surface area contributed by atoms with Crippen LogP contribution < -0.4 is 10.6 Å². The van der Waals surface area contributed by atoms with E-state index in [4.69, 9.17) is 21.1 Å². The largest absolute Gasteiger partial charge is 0.433 e. The van der Waals surface area contributed by atoms with E-state index in [2.05, 4.69) is 10.6 Å². The molecule has 0 aromatic heterocycles. The first-order valence-corrected chi connectivity index (χ1v) is 12.4. The Hall–Kier alpha value is -2.91. The Morgan fingerprint density at radius 2 is 1.97 bits per heavy atom. The van der Waals surface area contributed by atoms with Crippen LogP contribution in [0.5, 0.6) is 0 Å². The first-order chi connectivity index (χ1) is 16.9. The number of ether oxygens (including phenoxy) is 2. The van der Waals surface area contributed by atoms with Crippen molar-refractivity contribution in [3.63, 3.8) is 0 Å². The predicted molar refractivity (Wildman–Crippen MR) is 127 cm³/mol. The molecule has 1 aromatic rings. The van der Waals surface area contributed by atoms with Gasteiger partial charge >= 0.3 is 5.97 Å². The molecule has 0 bridgehead atoms. The molecule has 2 unspecified atom stereocenters. The number of hydrogen-bond acceptors (Lipinski definition) is 6. The summed E-state index contributed by atoms with van der Waals surface area (Å²) >= 11 is 6.01. The van der Waals surface area contributed by atoms with E-state index in [0.29, 0.717) is 36.5 Å². The molecule has 9 nitrogen and oxygen atoms in total. The molecule has 5 atom stereocenters. The second-order valence-corrected chi connectivity index (χ2v) is 9.39. The summed E-state index contributed by atoms with van der Waals surface area (Å²) in [5, 5.41) is 6.11. The van der Waals surface area contributed by atoms with Crippen molar-refractivity contribution in [2.75, 3.05) is 6.61 Å². The molecule has 0 saturated carbocycles. The van der Waals surface area contributed by atoms with Gasteiger partial charge in [0.05, 0.1) is 6.42 Å². The number of carbonyl (C=O) groups is 4. The van der Waals surface area contributed by atoms with E-state index >= 15 is 0 Å². The summed E-state index contributed by atoms with van der Waals surface area (Å²) in [6.45, 7) is 2.11. The van der Waals surface area contributed by atoms with Crippen LogP contribution in [0.25, 0.3) is 0 Å². The smallest absolute Gasteiger partial charge is 0.310 e. The van der Waals surface area contributed by atoms with Crippen LogP contribution in [0.15, 0.2) is 36.4 Å². The third-order valence-corrected chi connectivity index (χ3v) is 6.79. The van der Waals surface area contributed by atoms with Crippen LogP contribution in [0.2, 0.25) is 5.02 Å². The highest BCUT2D eigenvalue weighted by molar-refractivity contribution is 6.31. The highest BCUT2D eigenvalue weighted by Gasteiger charge is 2.43. The third-order valence-electron chi connectivity index (χ3n) is 6.56. The van der Waals surface area contributed by atoms with Crippen LogP contribution in [-0.2, 0) is 23.9 Å². The molecule has 3 aliphatic rings. The Morgan fingerprint density at radius 1 is 1.17 bits per heavy atom. The highest BCUT2D eigenvalue weighted by Crippen LogP contribution is 2.29. The molecular formula is C25H30ClN3O6. The molecule has 2 saturated heterocycles. The summed E-state index contributed by atoms with van der Waals surface area (Å²) in [7, 11) is 0. The molecule has 3 amide bonds. The number of amides is 3. The van der Waals surface area contributed by atoms with Gasteiger partial charge in [-0.2, -0.15) is 0 Å². The van der Waals surface area contributed by atoms with Crippen molar-refractivity contribution in [3.8, 4) is 0 Å². The van der Waals surface area contributed by atoms with E-state index in [1.807, 2.05) is 12.2 Å². The average Bonchev–Trinajstić information content (AvgIpc) is 3.17. The van der Waals surface area contributed by atoms with Gasteiger partial charge in [-0.3, -0.25) is 19.2 Å². The number of halogens is 1. The Morgan fingerprint density at radius 3 is 2.74 bits per heavy atom. The fourth-order valence-corrected chi connectivity index (χ4v) is 5.10. The lowest BCUT2D eigenvalue weighted by atomic mass is 9.90. The van der Waals surface area contributed by atoms with Crippen LogP contribution in [0, 0.1) is 0 Å². The summed E-state index contributed by atoms with van der Waals surface area (Å²) in [4.78, 5) is 53.3. The van der Waals surface area contributed by atoms with Gasteiger partial charge in [-0.15, -0.1) is 0 Å². The number of esters is 1. The summed E-state index contributed by atoms with van der Waals surface area (Å²) < 4.78 is 10.6. The third kappa shape index (κ3) is 5.85. The standard InChI is InChI=1S/C25H30ClN3O6/c1-2-34-25-19(14-21(30)35-25)28-23(32)20-12-6-10-17-9-3-4-11-18(24(33)29(17)20)27-22(31)15-7-5-8-16(26)13-15/h3-5,7-8,13,17-20,25H,2,6,9-12,14H2,1H3,(H,27,31)(H,28,32)/t17-,18-,19?,20-,25?/m0/s1. The molecule has 2 N–H and O–H groups in total. The first kappa shape index (κ1) is 25.2. The number of cyclic esters (lactones) is 1. The molecule has 35 heavy (non-hydrogen) atoms. The summed E-state index contributed by atoms with van der Waals surface area (Å²) in [5.74, 6) is -1.49. The number of nitrogens with zero attached hydrogens (tertiary/aromatic N) is 1. The lowest BCUT2D eigenvalue weighted by Crippen LogP contribution is -2.62. The molecule has 1 aromatic carbocycles. The Labute approximate surface area is 209 Å². The second kappa shape index (κ2) is 11.2. The van der Waals surface area contributed by atoms with Crippen molar-refractivity contribution in [1.82, 2.24) is 15.5 Å². The summed E-state index contributed by atoms with van der Waals surface area (Å²) in [5.41, 5.74) is 0.355. The normalized spacial score (nSPS) is 28.5. The van der Waals surface area contributed by atoms with Gasteiger partial charge in [0, 0.05) is 23.2 Å². The minimum absolute atomic E-state index is 0.0154. The number of nitrogens with one attached hydrogen (secondary N) is 2. The monoisotopic (exact) mass is 503 g/mol. The molecule has 0 spiro atoms. The molecule has 3 aliphatic heterocycles. The van der Waals surface area contributed by atoms with Gasteiger partial charge in [0.25, 0.3) is 5.91 Å². The van der Waals surface area contributed by atoms with Gasteiger partial charge in [0.15, 0.2) is 0 Å². The quantitative estimate of drug-likeness (QED) is 0.455. The van der Waals surface area contributed by atoms with Crippen molar-refractivity contribution in [1.29, 1.82) is 0 Å². The lowest BCUT2D eigenvalue weighted by Gasteiger charge is -2.43. The zero-order chi connectivity index (χ0) is 24.9. The number of fused-ring (bicyclic) bond motifs is 1. The van der Waals surface area contributed by atoms with E-state index in [-0.39, 0.29) is 24.3 Å². The number of benzene rings is 1. The fourth-order valence-electron chi connectivity index (χ4n) is 4.91. The molecule has 3 heterocycles. The zero-order valence-corrected chi connectivity index (χ0v) is 20.3. The van der Waals surface area contributed by atoms with Gasteiger partial charge in [-0.05, 0) is 57.2 Å². The SMILES string of the molecule is CCOC1OC(=O)CC1NC(=O)[C@@H]1CCC[C@@H]2CC=CC[C@H](NC(=O)c3cccc(Cl)c3)C(=O)N21. The van der Waals surface area contributed by atoms with Crippen molar-refractivity contribution in [2.45, 2.75) is 75.9 Å². The van der Waals surface area contributed by atoms with E-state index in [1.165, 1.54) is 0 Å². The minimum Gasteiger partial charge on any atom is -0.433 e. The maximum absolute atomic E-state index is 13.7. The van der Waals surface area contributed by atoms with E-state index in [1.54, 1.807) is 36.1 Å². The van der Waals surface area contributed by atoms with Crippen molar-refractivity contribution < 1.29 is 28.7 Å². The van der Waals surface area contributed by atoms with Crippen LogP contribution in [0.3, 0.4) is 0 Å². The van der Waals surface area contributed by atoms with E-state index in [0.717, 1.165) is 12.8 Å². The molecular weight excluding hydrogens is 474 g/mol. The topological polar surface area (TPSA) is 114 Å². The number of piperidine rings is 1. The molecule has 0 radical (unpaired) electrons. The second-order valence-electron chi connectivity index (χ2n) is 8.96. The van der Waals surface area contributed by atoms with Crippen LogP contribution in [0.4, 0.5) is 0 Å². The van der Waals surface area contributed by atoms with Crippen molar-refractivity contribution >= 4 is 35.3 Å². The lowest BCUT2D eigenvalue weighted by molar-refractivity contribution is -0.165. The Kier molecular flexibility index (Phi) is 8.07. The zero-order valence-electron chi connectivity index (χ0n) is 19.6. The highest BCUT2D eigenvalue weighted by atomic mass is 35.5. The van der Waals surface area contributed by atoms with Crippen LogP contribution >= 0.6 is 11.6 Å². The summed E-state index contributed by atoms with van der Waals surface area (Å²) in [6.07, 6.45) is 6.07. The van der Waals surface area contributed by atoms with Gasteiger partial charge in [0.1, 0.15) is 18.1 Å². The Balaban J connectivity index is 1.51. The molecule has 0 aliphatic carbocycles. The molecule has 10 heteroatoms. The van der Waals surface area contributed by atoms with Gasteiger partial charge in [0.2, 0.25) is 18.1 Å². The van der Waals surface area contributed by atoms with Gasteiger partial charge in [-0.1, -0.05) is 29.8 Å². The fraction of sp³-hybridized carbons (Fsp3) is 0.520. The first-order valence-electron chi connectivity index (χ1n) is 12.0. The van der Waals surface area contributed by atoms with E-state index in [9.17, 15) is 19.2 Å². The molecule has 2 fully saturated rings. The van der Waals surface area contributed by atoms with Crippen LogP contribution in [-0.4, -0.2) is 65.7 Å². The summed E-state index contributed by atoms with van der Waals surface area (Å²) in [6, 6.07) is 4.21. The Bertz CT molecular complexity index is 1010. The van der Waals surface area contributed by atoms with Gasteiger partial charge < -0.3 is 25.0 Å². The maximum atomic E-state index is 13.7. The minimum atomic E-state index is -0.841. The van der Waals surface area contributed by atoms with E-state index < -0.39 is 36.3 Å². The molecule has 4 rings (SSSR count). The van der Waals surface area contributed by atoms with Gasteiger partial charge in [-0.25, -0.2) is 0 Å². The number of hydrogen-bond donors (Lipinski definition) is 2. The van der Waals surface area contributed by atoms with Crippen LogP contribution in [0.1, 0.15) is 55.8 Å². The van der Waals surface area contributed by atoms with Crippen molar-refractivity contribution in [3.05, 3.63) is 47.0 Å². The van der Waals surface area contributed by atoms with Crippen molar-refractivity contribution in [2.24, 2.45) is 0 Å². The maximum Gasteiger partial charge on any atom is 0.310 e. The number of rotatable bonds is 6. The number of carbonyl (C=O) groups excluding carboxylic acids is 4. The predicted octanol–water partition coefficient (Wildman–Crippen LogP) is 2.33.